The van der Waals surface area contributed by atoms with Crippen LogP contribution >= 0.6 is 0 Å². The zero-order valence-electron chi connectivity index (χ0n) is 20.7. The SMILES string of the molecule is [C-]#[N+]/C(C#N)=C1C=C(/C=C/c2ccc(N(CC)CC)cc2)OC(c2ccccc2)(c2ccccc2)C/1. The first-order chi connectivity index (χ1) is 17.6. The lowest BCUT2D eigenvalue weighted by Gasteiger charge is -2.39. The Morgan fingerprint density at radius 2 is 1.53 bits per heavy atom. The second kappa shape index (κ2) is 11.3. The number of nitrogens with zero attached hydrogens (tertiary/aromatic N) is 3. The quantitative estimate of drug-likeness (QED) is 0.265. The monoisotopic (exact) mass is 471 g/mol. The molecule has 0 aromatic heterocycles. The lowest BCUT2D eigenvalue weighted by Crippen LogP contribution is -2.34. The van der Waals surface area contributed by atoms with E-state index < -0.39 is 5.60 Å². The third-order valence-corrected chi connectivity index (χ3v) is 6.51. The van der Waals surface area contributed by atoms with Crippen LogP contribution in [0.4, 0.5) is 5.69 Å². The summed E-state index contributed by atoms with van der Waals surface area (Å²) >= 11 is 0. The van der Waals surface area contributed by atoms with Crippen molar-refractivity contribution in [3.8, 4) is 6.07 Å². The molecule has 0 atom stereocenters. The summed E-state index contributed by atoms with van der Waals surface area (Å²) in [5, 5.41) is 9.68. The third kappa shape index (κ3) is 5.09. The number of anilines is 1. The van der Waals surface area contributed by atoms with E-state index in [1.807, 2.05) is 78.9 Å². The number of rotatable bonds is 7. The fraction of sp³-hybridized carbons (Fsp3) is 0.188. The lowest BCUT2D eigenvalue weighted by atomic mass is 9.79. The molecule has 1 aliphatic rings. The molecule has 0 aliphatic carbocycles. The van der Waals surface area contributed by atoms with Gasteiger partial charge in [-0.25, -0.2) is 10.1 Å². The predicted octanol–water partition coefficient (Wildman–Crippen LogP) is 7.49. The van der Waals surface area contributed by atoms with E-state index in [9.17, 15) is 5.26 Å². The maximum absolute atomic E-state index is 9.68. The second-order valence-electron chi connectivity index (χ2n) is 8.58. The van der Waals surface area contributed by atoms with Crippen LogP contribution in [0.3, 0.4) is 0 Å². The van der Waals surface area contributed by atoms with Crippen LogP contribution in [0.15, 0.2) is 114 Å². The predicted molar refractivity (Wildman–Crippen MR) is 146 cm³/mol. The number of nitriles is 1. The molecule has 0 saturated heterocycles. The van der Waals surface area contributed by atoms with E-state index in [0.717, 1.165) is 29.8 Å². The molecule has 0 saturated carbocycles. The summed E-state index contributed by atoms with van der Waals surface area (Å²) in [6.45, 7) is 13.8. The number of hydrogen-bond acceptors (Lipinski definition) is 3. The van der Waals surface area contributed by atoms with E-state index in [1.165, 1.54) is 5.69 Å². The normalized spacial score (nSPS) is 15.8. The molecule has 0 unspecified atom stereocenters. The van der Waals surface area contributed by atoms with Crippen molar-refractivity contribution in [2.75, 3.05) is 18.0 Å². The van der Waals surface area contributed by atoms with Crippen molar-refractivity contribution >= 4 is 11.8 Å². The van der Waals surface area contributed by atoms with Gasteiger partial charge in [-0.15, -0.1) is 0 Å². The van der Waals surface area contributed by atoms with Crippen molar-refractivity contribution < 1.29 is 4.74 Å². The number of hydrogen-bond donors (Lipinski definition) is 0. The van der Waals surface area contributed by atoms with Crippen LogP contribution < -0.4 is 4.90 Å². The van der Waals surface area contributed by atoms with Crippen LogP contribution in [0.2, 0.25) is 0 Å². The third-order valence-electron chi connectivity index (χ3n) is 6.51. The number of benzene rings is 3. The smallest absolute Gasteiger partial charge is 0.265 e. The Morgan fingerprint density at radius 3 is 2.03 bits per heavy atom. The maximum atomic E-state index is 9.68. The van der Waals surface area contributed by atoms with Crippen molar-refractivity contribution in [2.24, 2.45) is 0 Å². The van der Waals surface area contributed by atoms with Gasteiger partial charge < -0.3 is 9.64 Å². The van der Waals surface area contributed by atoms with E-state index in [2.05, 4.69) is 53.9 Å². The van der Waals surface area contributed by atoms with Crippen LogP contribution in [-0.2, 0) is 10.3 Å². The van der Waals surface area contributed by atoms with Gasteiger partial charge in [-0.1, -0.05) is 78.9 Å². The Kier molecular flexibility index (Phi) is 7.69. The molecule has 178 valence electrons. The fourth-order valence-electron chi connectivity index (χ4n) is 4.63. The Hall–Kier alpha value is -4.54. The molecule has 4 nitrogen and oxygen atoms in total. The number of ether oxygens (including phenoxy) is 1. The first-order valence-corrected chi connectivity index (χ1v) is 12.2. The zero-order valence-corrected chi connectivity index (χ0v) is 20.7. The topological polar surface area (TPSA) is 40.6 Å². The van der Waals surface area contributed by atoms with Gasteiger partial charge in [0.2, 0.25) is 0 Å². The van der Waals surface area contributed by atoms with Gasteiger partial charge in [-0.3, -0.25) is 0 Å². The maximum Gasteiger partial charge on any atom is 0.265 e. The molecule has 1 heterocycles. The van der Waals surface area contributed by atoms with E-state index in [-0.39, 0.29) is 5.70 Å². The minimum atomic E-state index is -0.855. The van der Waals surface area contributed by atoms with Crippen molar-refractivity contribution in [3.05, 3.63) is 142 Å². The van der Waals surface area contributed by atoms with Crippen molar-refractivity contribution in [3.63, 3.8) is 0 Å². The second-order valence-corrected chi connectivity index (χ2v) is 8.58. The van der Waals surface area contributed by atoms with E-state index in [1.54, 1.807) is 0 Å². The summed E-state index contributed by atoms with van der Waals surface area (Å²) in [5.74, 6) is 0.605. The summed E-state index contributed by atoms with van der Waals surface area (Å²) in [6.07, 6.45) is 6.14. The Labute approximate surface area is 213 Å². The highest BCUT2D eigenvalue weighted by Gasteiger charge is 2.40. The summed E-state index contributed by atoms with van der Waals surface area (Å²) in [4.78, 5) is 5.82. The summed E-state index contributed by atoms with van der Waals surface area (Å²) in [6, 6.07) is 30.5. The molecular formula is C32H29N3O. The molecular weight excluding hydrogens is 442 g/mol. The molecule has 0 spiro atoms. The van der Waals surface area contributed by atoms with Gasteiger partial charge in [0.1, 0.15) is 5.76 Å². The van der Waals surface area contributed by atoms with Crippen molar-refractivity contribution in [1.29, 1.82) is 5.26 Å². The van der Waals surface area contributed by atoms with E-state index in [0.29, 0.717) is 17.8 Å². The van der Waals surface area contributed by atoms with Crippen molar-refractivity contribution in [2.45, 2.75) is 25.9 Å². The molecule has 0 radical (unpaired) electrons. The first-order valence-electron chi connectivity index (χ1n) is 12.2. The highest BCUT2D eigenvalue weighted by Crippen LogP contribution is 2.45. The molecule has 3 aromatic carbocycles. The standard InChI is InChI=1S/C32H29N3O/c1-4-35(5-2)29-19-16-25(17-20-29)18-21-30-22-26(31(24-33)34-3)23-32(36-30,27-12-8-6-9-13-27)28-14-10-7-11-15-28/h6-22H,4-5,23H2,1-2H3/b21-18+,31-26-. The molecule has 4 heteroatoms. The molecule has 0 amide bonds. The molecule has 0 fully saturated rings. The Bertz CT molecular complexity index is 1300. The Morgan fingerprint density at radius 1 is 0.944 bits per heavy atom. The highest BCUT2D eigenvalue weighted by molar-refractivity contribution is 5.59. The summed E-state index contributed by atoms with van der Waals surface area (Å²) in [5.41, 5.74) is 4.08. The van der Waals surface area contributed by atoms with Crippen LogP contribution in [-0.4, -0.2) is 13.1 Å². The first kappa shape index (κ1) is 24.6. The van der Waals surface area contributed by atoms with Gasteiger partial charge in [0.25, 0.3) is 5.70 Å². The minimum absolute atomic E-state index is 0.0870. The molecule has 0 N–H and O–H groups in total. The van der Waals surface area contributed by atoms with E-state index >= 15 is 0 Å². The average molecular weight is 472 g/mol. The molecule has 3 aromatic rings. The molecule has 36 heavy (non-hydrogen) atoms. The van der Waals surface area contributed by atoms with Gasteiger partial charge in [0.15, 0.2) is 5.60 Å². The van der Waals surface area contributed by atoms with Crippen molar-refractivity contribution in [1.82, 2.24) is 0 Å². The van der Waals surface area contributed by atoms with Gasteiger partial charge in [0, 0.05) is 36.3 Å². The molecule has 1 aliphatic heterocycles. The summed E-state index contributed by atoms with van der Waals surface area (Å²) < 4.78 is 6.75. The van der Waals surface area contributed by atoms with Gasteiger partial charge >= 0.3 is 0 Å². The van der Waals surface area contributed by atoms with Crippen LogP contribution in [0.1, 0.15) is 37.0 Å². The van der Waals surface area contributed by atoms with Gasteiger partial charge in [-0.2, -0.15) is 0 Å². The largest absolute Gasteiger partial charge is 0.478 e. The fourth-order valence-corrected chi connectivity index (χ4v) is 4.63. The molecule has 4 rings (SSSR count). The van der Waals surface area contributed by atoms with Crippen LogP contribution in [0, 0.1) is 17.9 Å². The van der Waals surface area contributed by atoms with Gasteiger partial charge in [-0.05, 0) is 49.3 Å². The minimum Gasteiger partial charge on any atom is -0.478 e. The van der Waals surface area contributed by atoms with Crippen LogP contribution in [0.25, 0.3) is 10.9 Å². The van der Waals surface area contributed by atoms with Crippen LogP contribution in [0.5, 0.6) is 0 Å². The molecule has 0 bridgehead atoms. The van der Waals surface area contributed by atoms with E-state index in [4.69, 9.17) is 11.3 Å². The Balaban J connectivity index is 1.78. The van der Waals surface area contributed by atoms with Gasteiger partial charge in [0.05, 0.1) is 12.6 Å². The lowest BCUT2D eigenvalue weighted by molar-refractivity contribution is 0.0348. The zero-order chi connectivity index (χ0) is 25.4. The highest BCUT2D eigenvalue weighted by atomic mass is 16.5. The summed E-state index contributed by atoms with van der Waals surface area (Å²) in [7, 11) is 0. The number of allylic oxidation sites excluding steroid dienone is 3. The average Bonchev–Trinajstić information content (AvgIpc) is 2.95.